The monoisotopic (exact) mass is 461 g/mol. The minimum atomic E-state index is -0.470. The van der Waals surface area contributed by atoms with E-state index in [2.05, 4.69) is 25.0 Å². The Hall–Kier alpha value is -4.21. The summed E-state index contributed by atoms with van der Waals surface area (Å²) in [6.45, 7) is 2.43. The molecule has 0 radical (unpaired) electrons. The number of hydrogen-bond donors (Lipinski definition) is 0. The number of carbonyl (C=O) groups is 1. The maximum Gasteiger partial charge on any atom is 0.244 e. The van der Waals surface area contributed by atoms with E-state index in [4.69, 9.17) is 0 Å². The van der Waals surface area contributed by atoms with Crippen molar-refractivity contribution in [3.63, 3.8) is 0 Å². The minimum Gasteiger partial charge on any atom is -0.353 e. The van der Waals surface area contributed by atoms with Crippen molar-refractivity contribution in [3.05, 3.63) is 78.6 Å². The highest BCUT2D eigenvalue weighted by Crippen LogP contribution is 2.22. The summed E-state index contributed by atoms with van der Waals surface area (Å²) in [7, 11) is 0. The van der Waals surface area contributed by atoms with Crippen LogP contribution in [0.5, 0.6) is 0 Å². The van der Waals surface area contributed by atoms with Crippen molar-refractivity contribution < 1.29 is 13.6 Å². The highest BCUT2D eigenvalue weighted by atomic mass is 19.1. The van der Waals surface area contributed by atoms with Gasteiger partial charge in [-0.3, -0.25) is 4.79 Å². The number of aromatic nitrogens is 5. The van der Waals surface area contributed by atoms with Crippen LogP contribution in [-0.2, 0) is 11.3 Å². The number of halogens is 2. The van der Waals surface area contributed by atoms with E-state index in [1.54, 1.807) is 23.2 Å². The zero-order valence-electron chi connectivity index (χ0n) is 18.2. The summed E-state index contributed by atoms with van der Waals surface area (Å²) in [6, 6.07) is 14.3. The van der Waals surface area contributed by atoms with Gasteiger partial charge in [0.1, 0.15) is 29.7 Å². The molecule has 172 valence electrons. The molecule has 3 aromatic heterocycles. The van der Waals surface area contributed by atoms with Crippen molar-refractivity contribution in [3.8, 4) is 22.9 Å². The number of rotatable bonds is 5. The van der Waals surface area contributed by atoms with Gasteiger partial charge in [-0.25, -0.2) is 28.4 Å². The molecule has 4 heterocycles. The van der Waals surface area contributed by atoms with E-state index in [9.17, 15) is 13.6 Å². The first-order valence-corrected chi connectivity index (χ1v) is 10.8. The maximum absolute atomic E-state index is 13.5. The van der Waals surface area contributed by atoms with Gasteiger partial charge < -0.3 is 9.80 Å². The Morgan fingerprint density at radius 3 is 2.32 bits per heavy atom. The topological polar surface area (TPSA) is 80.0 Å². The molecule has 0 saturated carbocycles. The first kappa shape index (κ1) is 21.6. The van der Waals surface area contributed by atoms with E-state index in [1.807, 2.05) is 18.2 Å². The largest absolute Gasteiger partial charge is 0.353 e. The first-order valence-electron chi connectivity index (χ1n) is 10.8. The second-order valence-electron chi connectivity index (χ2n) is 7.84. The van der Waals surface area contributed by atoms with Crippen LogP contribution >= 0.6 is 0 Å². The number of hydrogen-bond acceptors (Lipinski definition) is 6. The number of amides is 1. The number of piperazine rings is 1. The lowest BCUT2D eigenvalue weighted by Gasteiger charge is -2.35. The lowest BCUT2D eigenvalue weighted by Crippen LogP contribution is -2.49. The minimum absolute atomic E-state index is 0.0372. The summed E-state index contributed by atoms with van der Waals surface area (Å²) in [6.07, 6.45) is 2.84. The van der Waals surface area contributed by atoms with E-state index in [0.717, 1.165) is 12.0 Å². The molecule has 1 aliphatic heterocycles. The molecule has 34 heavy (non-hydrogen) atoms. The van der Waals surface area contributed by atoms with Gasteiger partial charge in [-0.15, -0.1) is 5.10 Å². The lowest BCUT2D eigenvalue weighted by molar-refractivity contribution is -0.132. The van der Waals surface area contributed by atoms with E-state index in [-0.39, 0.29) is 24.1 Å². The Morgan fingerprint density at radius 2 is 1.65 bits per heavy atom. The van der Waals surface area contributed by atoms with Crippen LogP contribution in [0, 0.1) is 11.6 Å². The molecule has 0 unspecified atom stereocenters. The fourth-order valence-electron chi connectivity index (χ4n) is 3.84. The predicted octanol–water partition coefficient (Wildman–Crippen LogP) is 3.03. The number of pyridine rings is 2. The molecule has 0 bridgehead atoms. The number of anilines is 1. The van der Waals surface area contributed by atoms with Crippen LogP contribution in [0.3, 0.4) is 0 Å². The van der Waals surface area contributed by atoms with Crippen molar-refractivity contribution in [1.29, 1.82) is 0 Å². The second-order valence-corrected chi connectivity index (χ2v) is 7.84. The molecule has 5 rings (SSSR count). The quantitative estimate of drug-likeness (QED) is 0.455. The molecular formula is C24H21F2N7O. The highest BCUT2D eigenvalue weighted by molar-refractivity contribution is 5.77. The standard InChI is InChI=1S/C24H21F2N7O/c25-18-6-4-17(5-7-18)24-29-23(20-9-8-19(26)15-28-20)30-33(24)16-22(34)32-13-11-31(12-14-32)21-3-1-2-10-27-21/h1-10,15H,11-14,16H2. The van der Waals surface area contributed by atoms with Crippen LogP contribution in [0.2, 0.25) is 0 Å². The third kappa shape index (κ3) is 4.61. The van der Waals surface area contributed by atoms with Crippen LogP contribution < -0.4 is 4.90 Å². The summed E-state index contributed by atoms with van der Waals surface area (Å²) in [4.78, 5) is 30.0. The molecule has 1 fully saturated rings. The van der Waals surface area contributed by atoms with Gasteiger partial charge >= 0.3 is 0 Å². The highest BCUT2D eigenvalue weighted by Gasteiger charge is 2.24. The smallest absolute Gasteiger partial charge is 0.244 e. The molecule has 4 aromatic rings. The molecule has 1 aromatic carbocycles. The summed E-state index contributed by atoms with van der Waals surface area (Å²) in [5.41, 5.74) is 0.981. The molecule has 0 spiro atoms. The zero-order chi connectivity index (χ0) is 23.5. The number of benzene rings is 1. The Bertz CT molecular complexity index is 1270. The Morgan fingerprint density at radius 1 is 0.882 bits per heavy atom. The molecule has 10 heteroatoms. The van der Waals surface area contributed by atoms with Crippen molar-refractivity contribution in [2.45, 2.75) is 6.54 Å². The van der Waals surface area contributed by atoms with Crippen LogP contribution in [0.25, 0.3) is 22.9 Å². The summed E-state index contributed by atoms with van der Waals surface area (Å²) >= 11 is 0. The van der Waals surface area contributed by atoms with E-state index in [1.165, 1.54) is 28.9 Å². The fraction of sp³-hybridized carbons (Fsp3) is 0.208. The lowest BCUT2D eigenvalue weighted by atomic mass is 10.2. The summed E-state index contributed by atoms with van der Waals surface area (Å²) in [5, 5.41) is 4.47. The third-order valence-electron chi connectivity index (χ3n) is 5.62. The van der Waals surface area contributed by atoms with Gasteiger partial charge in [-0.05, 0) is 48.5 Å². The third-order valence-corrected chi connectivity index (χ3v) is 5.62. The molecule has 0 N–H and O–H groups in total. The predicted molar refractivity (Wildman–Crippen MR) is 122 cm³/mol. The molecule has 0 aliphatic carbocycles. The van der Waals surface area contributed by atoms with Gasteiger partial charge in [0, 0.05) is 37.9 Å². The number of nitrogens with zero attached hydrogens (tertiary/aromatic N) is 7. The van der Waals surface area contributed by atoms with Gasteiger partial charge in [-0.2, -0.15) is 0 Å². The van der Waals surface area contributed by atoms with Crippen molar-refractivity contribution in [1.82, 2.24) is 29.6 Å². The second kappa shape index (κ2) is 9.34. The van der Waals surface area contributed by atoms with Gasteiger partial charge in [-0.1, -0.05) is 6.07 Å². The average molecular weight is 461 g/mol. The van der Waals surface area contributed by atoms with Gasteiger partial charge in [0.2, 0.25) is 5.91 Å². The van der Waals surface area contributed by atoms with Crippen molar-refractivity contribution in [2.24, 2.45) is 0 Å². The van der Waals surface area contributed by atoms with Gasteiger partial charge in [0.05, 0.1) is 6.20 Å². The van der Waals surface area contributed by atoms with Crippen LogP contribution in [0.15, 0.2) is 67.0 Å². The van der Waals surface area contributed by atoms with Gasteiger partial charge in [0.25, 0.3) is 0 Å². The summed E-state index contributed by atoms with van der Waals surface area (Å²) in [5.74, 6) is 0.598. The van der Waals surface area contributed by atoms with Crippen LogP contribution in [0.1, 0.15) is 0 Å². The normalized spacial score (nSPS) is 13.8. The Balaban J connectivity index is 1.36. The molecule has 0 atom stereocenters. The first-order chi connectivity index (χ1) is 16.6. The molecule has 1 saturated heterocycles. The van der Waals surface area contributed by atoms with Crippen LogP contribution in [-0.4, -0.2) is 61.7 Å². The van der Waals surface area contributed by atoms with E-state index in [0.29, 0.717) is 43.3 Å². The zero-order valence-corrected chi connectivity index (χ0v) is 18.2. The maximum atomic E-state index is 13.5. The fourth-order valence-corrected chi connectivity index (χ4v) is 3.84. The SMILES string of the molecule is O=C(Cn1nc(-c2ccc(F)cn2)nc1-c1ccc(F)cc1)N1CCN(c2ccccn2)CC1. The average Bonchev–Trinajstić information content (AvgIpc) is 3.29. The van der Waals surface area contributed by atoms with Crippen LogP contribution in [0.4, 0.5) is 14.6 Å². The van der Waals surface area contributed by atoms with Crippen molar-refractivity contribution >= 4 is 11.7 Å². The number of carbonyl (C=O) groups excluding carboxylic acids is 1. The van der Waals surface area contributed by atoms with E-state index < -0.39 is 5.82 Å². The molecule has 1 aliphatic rings. The molecule has 8 nitrogen and oxygen atoms in total. The molecular weight excluding hydrogens is 440 g/mol. The van der Waals surface area contributed by atoms with Gasteiger partial charge in [0.15, 0.2) is 11.6 Å². The van der Waals surface area contributed by atoms with Crippen molar-refractivity contribution in [2.75, 3.05) is 31.1 Å². The molecule has 1 amide bonds. The summed E-state index contributed by atoms with van der Waals surface area (Å²) < 4.78 is 28.2. The Kier molecular flexibility index (Phi) is 5.94. The Labute approximate surface area is 194 Å². The van der Waals surface area contributed by atoms with E-state index >= 15 is 0 Å².